The van der Waals surface area contributed by atoms with Gasteiger partial charge in [0.1, 0.15) is 17.6 Å². The number of carbonyl (C=O) groups is 2. The molecule has 206 valence electrons. The molecule has 0 heterocycles. The van der Waals surface area contributed by atoms with Crippen LogP contribution in [0.2, 0.25) is 0 Å². The van der Waals surface area contributed by atoms with Crippen molar-refractivity contribution in [1.29, 1.82) is 0 Å². The van der Waals surface area contributed by atoms with Gasteiger partial charge in [-0.05, 0) is 99.4 Å². The third-order valence-corrected chi connectivity index (χ3v) is 7.25. The predicted molar refractivity (Wildman–Crippen MR) is 152 cm³/mol. The molecule has 2 aromatic rings. The first kappa shape index (κ1) is 29.5. The van der Waals surface area contributed by atoms with E-state index in [1.165, 1.54) is 44.9 Å². The zero-order chi connectivity index (χ0) is 27.0. The van der Waals surface area contributed by atoms with Crippen molar-refractivity contribution in [2.75, 3.05) is 6.61 Å². The molecule has 0 radical (unpaired) electrons. The first-order valence-electron chi connectivity index (χ1n) is 14.5. The normalized spacial score (nSPS) is 17.0. The number of hydrogen-bond acceptors (Lipinski definition) is 5. The molecule has 1 aliphatic rings. The van der Waals surface area contributed by atoms with Crippen LogP contribution in [0.25, 0.3) is 0 Å². The average molecular weight is 521 g/mol. The molecule has 1 fully saturated rings. The molecule has 0 amide bonds. The smallest absolute Gasteiger partial charge is 0.343 e. The van der Waals surface area contributed by atoms with Gasteiger partial charge in [-0.3, -0.25) is 0 Å². The van der Waals surface area contributed by atoms with E-state index in [2.05, 4.69) is 13.5 Å². The summed E-state index contributed by atoms with van der Waals surface area (Å²) in [7, 11) is 0. The van der Waals surface area contributed by atoms with Crippen LogP contribution in [0.1, 0.15) is 111 Å². The van der Waals surface area contributed by atoms with Crippen molar-refractivity contribution >= 4 is 11.9 Å². The zero-order valence-electron chi connectivity index (χ0n) is 23.0. The third kappa shape index (κ3) is 10.4. The fraction of sp³-hybridized carbons (Fsp3) is 0.515. The highest BCUT2D eigenvalue weighted by Gasteiger charge is 2.24. The van der Waals surface area contributed by atoms with Gasteiger partial charge in [0.25, 0.3) is 0 Å². The summed E-state index contributed by atoms with van der Waals surface area (Å²) in [4.78, 5) is 25.1. The number of esters is 2. The van der Waals surface area contributed by atoms with Crippen LogP contribution in [-0.4, -0.2) is 24.6 Å². The minimum absolute atomic E-state index is 0.0200. The van der Waals surface area contributed by atoms with Crippen LogP contribution in [0.4, 0.5) is 0 Å². The van der Waals surface area contributed by atoms with E-state index >= 15 is 0 Å². The quantitative estimate of drug-likeness (QED) is 0.0958. The molecule has 0 bridgehead atoms. The number of hydrogen-bond donors (Lipinski definition) is 0. The summed E-state index contributed by atoms with van der Waals surface area (Å²) < 4.78 is 17.0. The standard InChI is InChI=1S/C33H44O5/c1-3-5-7-8-9-11-25-36-29-21-15-27(16-22-29)32(34)38-31-23-17-28(18-24-31)33(35)37-30-19-13-26(14-20-30)12-10-6-4-2/h4,15-18,21-24,26,30H,2-3,5-14,19-20,25H2,1H3/t26-,30-. The van der Waals surface area contributed by atoms with Crippen LogP contribution in [-0.2, 0) is 4.74 Å². The molecule has 0 spiro atoms. The van der Waals surface area contributed by atoms with Gasteiger partial charge in [-0.1, -0.05) is 51.5 Å². The fourth-order valence-corrected chi connectivity index (χ4v) is 4.89. The molecular formula is C33H44O5. The first-order valence-corrected chi connectivity index (χ1v) is 14.5. The largest absolute Gasteiger partial charge is 0.494 e. The molecule has 0 aromatic heterocycles. The van der Waals surface area contributed by atoms with Crippen LogP contribution < -0.4 is 9.47 Å². The maximum absolute atomic E-state index is 12.6. The molecule has 0 saturated heterocycles. The van der Waals surface area contributed by atoms with E-state index in [4.69, 9.17) is 14.2 Å². The topological polar surface area (TPSA) is 61.8 Å². The lowest BCUT2D eigenvalue weighted by molar-refractivity contribution is 0.0161. The number of benzene rings is 2. The van der Waals surface area contributed by atoms with Crippen molar-refractivity contribution in [3.8, 4) is 11.5 Å². The second kappa shape index (κ2) is 16.7. The fourth-order valence-electron chi connectivity index (χ4n) is 4.89. The van der Waals surface area contributed by atoms with Crippen molar-refractivity contribution in [3.63, 3.8) is 0 Å². The zero-order valence-corrected chi connectivity index (χ0v) is 23.0. The summed E-state index contributed by atoms with van der Waals surface area (Å²) in [5.41, 5.74) is 0.908. The van der Waals surface area contributed by atoms with Gasteiger partial charge in [0.2, 0.25) is 0 Å². The van der Waals surface area contributed by atoms with E-state index in [-0.39, 0.29) is 12.1 Å². The highest BCUT2D eigenvalue weighted by atomic mass is 16.5. The van der Waals surface area contributed by atoms with Crippen LogP contribution in [0.3, 0.4) is 0 Å². The Morgan fingerprint density at radius 1 is 0.789 bits per heavy atom. The van der Waals surface area contributed by atoms with E-state index in [1.54, 1.807) is 48.5 Å². The molecule has 3 rings (SSSR count). The SMILES string of the molecule is C=CCCC[C@H]1CC[C@H](OC(=O)c2ccc(OC(=O)c3ccc(OCCCCCCCC)cc3)cc2)CC1. The van der Waals surface area contributed by atoms with Crippen LogP contribution in [0, 0.1) is 5.92 Å². The molecule has 1 saturated carbocycles. The summed E-state index contributed by atoms with van der Waals surface area (Å²) in [5, 5.41) is 0. The van der Waals surface area contributed by atoms with Gasteiger partial charge < -0.3 is 14.2 Å². The number of carbonyl (C=O) groups excluding carboxylic acids is 2. The van der Waals surface area contributed by atoms with Crippen molar-refractivity contribution in [2.45, 2.75) is 96.5 Å². The summed E-state index contributed by atoms with van der Waals surface area (Å²) >= 11 is 0. The number of rotatable bonds is 16. The highest BCUT2D eigenvalue weighted by Crippen LogP contribution is 2.30. The Morgan fingerprint density at radius 3 is 2.05 bits per heavy atom. The van der Waals surface area contributed by atoms with Gasteiger partial charge >= 0.3 is 11.9 Å². The summed E-state index contributed by atoms with van der Waals surface area (Å²) in [6.07, 6.45) is 16.8. The highest BCUT2D eigenvalue weighted by molar-refractivity contribution is 5.92. The van der Waals surface area contributed by atoms with Crippen LogP contribution >= 0.6 is 0 Å². The third-order valence-electron chi connectivity index (χ3n) is 7.25. The minimum atomic E-state index is -0.451. The van der Waals surface area contributed by atoms with Gasteiger partial charge in [0.05, 0.1) is 17.7 Å². The van der Waals surface area contributed by atoms with Crippen molar-refractivity contribution in [1.82, 2.24) is 0 Å². The molecule has 0 N–H and O–H groups in total. The van der Waals surface area contributed by atoms with E-state index < -0.39 is 5.97 Å². The van der Waals surface area contributed by atoms with Gasteiger partial charge in [0, 0.05) is 0 Å². The average Bonchev–Trinajstić information content (AvgIpc) is 2.94. The summed E-state index contributed by atoms with van der Waals surface area (Å²) in [6, 6.07) is 13.5. The number of ether oxygens (including phenoxy) is 3. The number of unbranched alkanes of at least 4 members (excludes halogenated alkanes) is 6. The molecule has 5 nitrogen and oxygen atoms in total. The van der Waals surface area contributed by atoms with Crippen molar-refractivity contribution in [3.05, 3.63) is 72.3 Å². The van der Waals surface area contributed by atoms with Crippen molar-refractivity contribution in [2.24, 2.45) is 5.92 Å². The second-order valence-corrected chi connectivity index (χ2v) is 10.3. The Labute approximate surface area is 228 Å². The molecular weight excluding hydrogens is 476 g/mol. The van der Waals surface area contributed by atoms with E-state index in [9.17, 15) is 9.59 Å². The first-order chi connectivity index (χ1) is 18.6. The van der Waals surface area contributed by atoms with E-state index in [0.717, 1.165) is 50.2 Å². The molecule has 0 unspecified atom stereocenters. The Kier molecular flexibility index (Phi) is 13.0. The van der Waals surface area contributed by atoms with E-state index in [0.29, 0.717) is 23.5 Å². The monoisotopic (exact) mass is 520 g/mol. The summed E-state index contributed by atoms with van der Waals surface area (Å²) in [6.45, 7) is 6.69. The van der Waals surface area contributed by atoms with Gasteiger partial charge in [-0.25, -0.2) is 9.59 Å². The molecule has 0 atom stereocenters. The van der Waals surface area contributed by atoms with Gasteiger partial charge in [-0.15, -0.1) is 6.58 Å². The molecule has 2 aromatic carbocycles. The Balaban J connectivity index is 1.37. The molecule has 38 heavy (non-hydrogen) atoms. The Hall–Kier alpha value is -3.08. The maximum Gasteiger partial charge on any atom is 0.343 e. The molecule has 1 aliphatic carbocycles. The van der Waals surface area contributed by atoms with Crippen LogP contribution in [0.5, 0.6) is 11.5 Å². The van der Waals surface area contributed by atoms with Crippen LogP contribution in [0.15, 0.2) is 61.2 Å². The second-order valence-electron chi connectivity index (χ2n) is 10.3. The Morgan fingerprint density at radius 2 is 1.39 bits per heavy atom. The molecule has 5 heteroatoms. The summed E-state index contributed by atoms with van der Waals surface area (Å²) in [5.74, 6) is 1.09. The number of allylic oxidation sites excluding steroid dienone is 1. The maximum atomic E-state index is 12.6. The van der Waals surface area contributed by atoms with Gasteiger partial charge in [-0.2, -0.15) is 0 Å². The molecule has 0 aliphatic heterocycles. The Bertz CT molecular complexity index is 971. The predicted octanol–water partition coefficient (Wildman–Crippen LogP) is 8.72. The van der Waals surface area contributed by atoms with Crippen molar-refractivity contribution < 1.29 is 23.8 Å². The lowest BCUT2D eigenvalue weighted by atomic mass is 9.84. The lowest BCUT2D eigenvalue weighted by Crippen LogP contribution is -2.24. The lowest BCUT2D eigenvalue weighted by Gasteiger charge is -2.28. The van der Waals surface area contributed by atoms with Gasteiger partial charge in [0.15, 0.2) is 0 Å². The van der Waals surface area contributed by atoms with E-state index in [1.807, 2.05) is 6.08 Å². The minimum Gasteiger partial charge on any atom is -0.494 e.